The summed E-state index contributed by atoms with van der Waals surface area (Å²) in [6.07, 6.45) is 3.39. The second-order valence-electron chi connectivity index (χ2n) is 8.39. The van der Waals surface area contributed by atoms with Crippen LogP contribution in [0.5, 0.6) is 11.5 Å². The predicted octanol–water partition coefficient (Wildman–Crippen LogP) is 4.74. The van der Waals surface area contributed by atoms with Crippen LogP contribution >= 0.6 is 11.6 Å². The van der Waals surface area contributed by atoms with Gasteiger partial charge in [0.25, 0.3) is 0 Å². The molecular weight excluding hydrogens is 450 g/mol. The summed E-state index contributed by atoms with van der Waals surface area (Å²) in [6, 6.07) is 20.6. The van der Waals surface area contributed by atoms with Gasteiger partial charge >= 0.3 is 0 Å². The summed E-state index contributed by atoms with van der Waals surface area (Å²) in [5, 5.41) is 3.89. The van der Waals surface area contributed by atoms with Gasteiger partial charge in [0, 0.05) is 29.7 Å². The van der Waals surface area contributed by atoms with Crippen LogP contribution in [-0.2, 0) is 4.79 Å². The molecule has 1 saturated heterocycles. The Labute approximate surface area is 205 Å². The van der Waals surface area contributed by atoms with Crippen molar-refractivity contribution in [2.24, 2.45) is 5.92 Å². The van der Waals surface area contributed by atoms with Crippen molar-refractivity contribution in [3.63, 3.8) is 0 Å². The Morgan fingerprint density at radius 1 is 1.09 bits per heavy atom. The summed E-state index contributed by atoms with van der Waals surface area (Å²) in [5.41, 5.74) is 1.77. The standard InChI is InChI=1S/C27H30ClN3O3/c1-33-23-5-4-6-24(19-23)34-18-17-31-15-12-21(13-16-31)27(32)30-26(25-7-2-3-14-29-25)20-8-10-22(28)11-9-20/h2-11,14,19,21,26H,12-13,15-18H2,1H3,(H,30,32)/t26-/m0/s1. The van der Waals surface area contributed by atoms with E-state index in [0.717, 1.165) is 55.2 Å². The van der Waals surface area contributed by atoms with Gasteiger partial charge in [0.1, 0.15) is 18.1 Å². The molecule has 178 valence electrons. The summed E-state index contributed by atoms with van der Waals surface area (Å²) < 4.78 is 11.1. The fraction of sp³-hybridized carbons (Fsp3) is 0.333. The highest BCUT2D eigenvalue weighted by Gasteiger charge is 2.27. The molecule has 7 heteroatoms. The van der Waals surface area contributed by atoms with E-state index < -0.39 is 0 Å². The third-order valence-electron chi connectivity index (χ3n) is 6.15. The number of likely N-dealkylation sites (tertiary alicyclic amines) is 1. The van der Waals surface area contributed by atoms with E-state index in [4.69, 9.17) is 21.1 Å². The van der Waals surface area contributed by atoms with Crippen LogP contribution in [0.4, 0.5) is 0 Å². The van der Waals surface area contributed by atoms with E-state index in [1.54, 1.807) is 13.3 Å². The van der Waals surface area contributed by atoms with Gasteiger partial charge in [-0.25, -0.2) is 0 Å². The lowest BCUT2D eigenvalue weighted by atomic mass is 9.94. The molecule has 0 aliphatic carbocycles. The van der Waals surface area contributed by atoms with Crippen LogP contribution in [0.15, 0.2) is 72.9 Å². The topological polar surface area (TPSA) is 63.7 Å². The molecule has 2 aromatic carbocycles. The van der Waals surface area contributed by atoms with Crippen molar-refractivity contribution in [1.29, 1.82) is 0 Å². The molecule has 3 aromatic rings. The van der Waals surface area contributed by atoms with Crippen molar-refractivity contribution in [3.05, 3.63) is 89.2 Å². The van der Waals surface area contributed by atoms with Crippen molar-refractivity contribution >= 4 is 17.5 Å². The van der Waals surface area contributed by atoms with Crippen molar-refractivity contribution in [3.8, 4) is 11.5 Å². The Balaban J connectivity index is 1.29. The second-order valence-corrected chi connectivity index (χ2v) is 8.83. The summed E-state index contributed by atoms with van der Waals surface area (Å²) in [6.45, 7) is 3.17. The summed E-state index contributed by atoms with van der Waals surface area (Å²) >= 11 is 6.07. The van der Waals surface area contributed by atoms with Gasteiger partial charge < -0.3 is 14.8 Å². The fourth-order valence-electron chi connectivity index (χ4n) is 4.19. The number of piperidine rings is 1. The molecule has 0 radical (unpaired) electrons. The summed E-state index contributed by atoms with van der Waals surface area (Å²) in [5.74, 6) is 1.63. The summed E-state index contributed by atoms with van der Waals surface area (Å²) in [4.78, 5) is 20.0. The first-order valence-electron chi connectivity index (χ1n) is 11.6. The summed E-state index contributed by atoms with van der Waals surface area (Å²) in [7, 11) is 1.65. The first-order chi connectivity index (χ1) is 16.6. The number of nitrogens with one attached hydrogen (secondary N) is 1. The van der Waals surface area contributed by atoms with Crippen molar-refractivity contribution in [2.75, 3.05) is 33.4 Å². The molecule has 6 nitrogen and oxygen atoms in total. The van der Waals surface area contributed by atoms with Crippen LogP contribution in [0.25, 0.3) is 0 Å². The number of nitrogens with zero attached hydrogens (tertiary/aromatic N) is 2. The van der Waals surface area contributed by atoms with E-state index in [0.29, 0.717) is 11.6 Å². The van der Waals surface area contributed by atoms with Crippen molar-refractivity contribution in [2.45, 2.75) is 18.9 Å². The highest BCUT2D eigenvalue weighted by molar-refractivity contribution is 6.30. The zero-order chi connectivity index (χ0) is 23.8. The van der Waals surface area contributed by atoms with Crippen LogP contribution in [0, 0.1) is 5.92 Å². The Kier molecular flexibility index (Phi) is 8.39. The Morgan fingerprint density at radius 3 is 2.56 bits per heavy atom. The molecule has 4 rings (SSSR count). The number of amides is 1. The van der Waals surface area contributed by atoms with Gasteiger partial charge in [0.2, 0.25) is 5.91 Å². The van der Waals surface area contributed by atoms with E-state index >= 15 is 0 Å². The molecule has 1 amide bonds. The normalized spacial score (nSPS) is 15.5. The largest absolute Gasteiger partial charge is 0.497 e. The molecule has 1 aliphatic rings. The molecule has 0 saturated carbocycles. The fourth-order valence-corrected chi connectivity index (χ4v) is 4.32. The molecule has 1 atom stereocenters. The number of carbonyl (C=O) groups excluding carboxylic acids is 1. The number of hydrogen-bond donors (Lipinski definition) is 1. The maximum atomic E-state index is 13.2. The average Bonchev–Trinajstić information content (AvgIpc) is 2.89. The molecule has 1 N–H and O–H groups in total. The third kappa shape index (κ3) is 6.49. The van der Waals surface area contributed by atoms with Gasteiger partial charge in [-0.1, -0.05) is 35.9 Å². The number of rotatable bonds is 9. The van der Waals surface area contributed by atoms with E-state index in [1.807, 2.05) is 66.7 Å². The minimum Gasteiger partial charge on any atom is -0.497 e. The minimum atomic E-state index is -0.305. The highest BCUT2D eigenvalue weighted by atomic mass is 35.5. The van der Waals surface area contributed by atoms with Crippen molar-refractivity contribution < 1.29 is 14.3 Å². The zero-order valence-corrected chi connectivity index (χ0v) is 20.1. The predicted molar refractivity (Wildman–Crippen MR) is 133 cm³/mol. The third-order valence-corrected chi connectivity index (χ3v) is 6.40. The minimum absolute atomic E-state index is 0.0194. The van der Waals surface area contributed by atoms with Gasteiger partial charge in [-0.3, -0.25) is 14.7 Å². The number of pyridine rings is 1. The van der Waals surface area contributed by atoms with Crippen LogP contribution in [-0.4, -0.2) is 49.1 Å². The van der Waals surface area contributed by atoms with Crippen LogP contribution < -0.4 is 14.8 Å². The highest BCUT2D eigenvalue weighted by Crippen LogP contribution is 2.25. The maximum Gasteiger partial charge on any atom is 0.224 e. The number of methoxy groups -OCH3 is 1. The lowest BCUT2D eigenvalue weighted by Gasteiger charge is -2.32. The molecule has 1 aromatic heterocycles. The van der Waals surface area contributed by atoms with Crippen LogP contribution in [0.1, 0.15) is 30.1 Å². The van der Waals surface area contributed by atoms with Gasteiger partial charge in [-0.15, -0.1) is 0 Å². The quantitative estimate of drug-likeness (QED) is 0.480. The lowest BCUT2D eigenvalue weighted by Crippen LogP contribution is -2.42. The Bertz CT molecular complexity index is 1050. The Morgan fingerprint density at radius 2 is 1.85 bits per heavy atom. The molecule has 34 heavy (non-hydrogen) atoms. The van der Waals surface area contributed by atoms with Crippen LogP contribution in [0.2, 0.25) is 5.02 Å². The van der Waals surface area contributed by atoms with E-state index in [1.165, 1.54) is 0 Å². The van der Waals surface area contributed by atoms with Crippen molar-refractivity contribution in [1.82, 2.24) is 15.2 Å². The second kappa shape index (κ2) is 11.9. The zero-order valence-electron chi connectivity index (χ0n) is 19.3. The number of halogens is 1. The molecule has 2 heterocycles. The Hall–Kier alpha value is -3.09. The number of carbonyl (C=O) groups is 1. The number of benzene rings is 2. The molecule has 0 spiro atoms. The number of hydrogen-bond acceptors (Lipinski definition) is 5. The van der Waals surface area contributed by atoms with E-state index in [-0.39, 0.29) is 17.9 Å². The maximum absolute atomic E-state index is 13.2. The van der Waals surface area contributed by atoms with E-state index in [2.05, 4.69) is 15.2 Å². The molecule has 1 aliphatic heterocycles. The first-order valence-corrected chi connectivity index (χ1v) is 12.0. The average molecular weight is 480 g/mol. The monoisotopic (exact) mass is 479 g/mol. The van der Waals surface area contributed by atoms with E-state index in [9.17, 15) is 4.79 Å². The number of ether oxygens (including phenoxy) is 2. The molecule has 1 fully saturated rings. The molecule has 0 unspecified atom stereocenters. The van der Waals surface area contributed by atoms with Gasteiger partial charge in [-0.2, -0.15) is 0 Å². The van der Waals surface area contributed by atoms with Crippen LogP contribution in [0.3, 0.4) is 0 Å². The SMILES string of the molecule is COc1cccc(OCCN2CCC(C(=O)N[C@@H](c3ccc(Cl)cc3)c3ccccn3)CC2)c1. The molecule has 0 bridgehead atoms. The number of aromatic nitrogens is 1. The lowest BCUT2D eigenvalue weighted by molar-refractivity contribution is -0.127. The molecular formula is C27H30ClN3O3. The van der Waals surface area contributed by atoms with Gasteiger partial charge in [0.05, 0.1) is 18.8 Å². The van der Waals surface area contributed by atoms with Gasteiger partial charge in [0.15, 0.2) is 0 Å². The smallest absolute Gasteiger partial charge is 0.224 e. The van der Waals surface area contributed by atoms with Gasteiger partial charge in [-0.05, 0) is 67.9 Å². The first kappa shape index (κ1) is 24.0.